The van der Waals surface area contributed by atoms with Crippen LogP contribution in [0, 0.1) is 13.8 Å². The molecule has 2 rings (SSSR count). The SMILES string of the molecule is Cc1nn(C(C)C)c(C)c1NC(=O)c1cc(Br)cn1C. The van der Waals surface area contributed by atoms with E-state index in [-0.39, 0.29) is 11.9 Å². The van der Waals surface area contributed by atoms with Gasteiger partial charge >= 0.3 is 0 Å². The van der Waals surface area contributed by atoms with E-state index in [9.17, 15) is 4.79 Å². The van der Waals surface area contributed by atoms with Gasteiger partial charge in [0.25, 0.3) is 5.91 Å². The monoisotopic (exact) mass is 338 g/mol. The highest BCUT2D eigenvalue weighted by molar-refractivity contribution is 9.10. The third-order valence-electron chi connectivity index (χ3n) is 3.26. The lowest BCUT2D eigenvalue weighted by Crippen LogP contribution is -2.16. The second-order valence-corrected chi connectivity index (χ2v) is 6.11. The fourth-order valence-electron chi connectivity index (χ4n) is 2.27. The number of aromatic nitrogens is 3. The lowest BCUT2D eigenvalue weighted by Gasteiger charge is -2.09. The normalized spacial score (nSPS) is 11.2. The van der Waals surface area contributed by atoms with Crippen LogP contribution in [0.4, 0.5) is 5.69 Å². The summed E-state index contributed by atoms with van der Waals surface area (Å²) in [5.74, 6) is -0.132. The van der Waals surface area contributed by atoms with E-state index in [2.05, 4.69) is 40.2 Å². The minimum Gasteiger partial charge on any atom is -0.345 e. The number of carbonyl (C=O) groups excluding carboxylic acids is 1. The summed E-state index contributed by atoms with van der Waals surface area (Å²) in [6.07, 6.45) is 1.85. The quantitative estimate of drug-likeness (QED) is 0.931. The number of aryl methyl sites for hydroxylation is 2. The van der Waals surface area contributed by atoms with E-state index in [1.54, 1.807) is 10.6 Å². The van der Waals surface area contributed by atoms with Crippen LogP contribution < -0.4 is 5.32 Å². The summed E-state index contributed by atoms with van der Waals surface area (Å²) >= 11 is 3.37. The molecule has 20 heavy (non-hydrogen) atoms. The van der Waals surface area contributed by atoms with Crippen molar-refractivity contribution in [3.8, 4) is 0 Å². The molecule has 0 aromatic carbocycles. The highest BCUT2D eigenvalue weighted by Gasteiger charge is 2.18. The van der Waals surface area contributed by atoms with Gasteiger partial charge in [0.2, 0.25) is 0 Å². The summed E-state index contributed by atoms with van der Waals surface area (Å²) in [5, 5.41) is 7.43. The maximum atomic E-state index is 12.3. The van der Waals surface area contributed by atoms with Crippen LogP contribution >= 0.6 is 15.9 Å². The van der Waals surface area contributed by atoms with Crippen LogP contribution in [-0.2, 0) is 7.05 Å². The lowest BCUT2D eigenvalue weighted by molar-refractivity contribution is 0.101. The molecule has 0 saturated heterocycles. The van der Waals surface area contributed by atoms with Gasteiger partial charge in [-0.2, -0.15) is 5.10 Å². The number of nitrogens with zero attached hydrogens (tertiary/aromatic N) is 3. The van der Waals surface area contributed by atoms with E-state index >= 15 is 0 Å². The van der Waals surface area contributed by atoms with Crippen LogP contribution in [0.15, 0.2) is 16.7 Å². The number of halogens is 1. The van der Waals surface area contributed by atoms with Crippen molar-refractivity contribution < 1.29 is 4.79 Å². The molecule has 0 unspecified atom stereocenters. The molecule has 5 nitrogen and oxygen atoms in total. The maximum Gasteiger partial charge on any atom is 0.272 e. The molecule has 1 amide bonds. The van der Waals surface area contributed by atoms with Crippen molar-refractivity contribution >= 4 is 27.5 Å². The van der Waals surface area contributed by atoms with Gasteiger partial charge in [0.15, 0.2) is 0 Å². The lowest BCUT2D eigenvalue weighted by atomic mass is 10.3. The average Bonchev–Trinajstić information content (AvgIpc) is 2.82. The largest absolute Gasteiger partial charge is 0.345 e. The molecule has 0 aliphatic carbocycles. The second-order valence-electron chi connectivity index (χ2n) is 5.19. The minimum atomic E-state index is -0.132. The van der Waals surface area contributed by atoms with Crippen molar-refractivity contribution in [2.24, 2.45) is 7.05 Å². The maximum absolute atomic E-state index is 12.3. The zero-order chi connectivity index (χ0) is 15.0. The van der Waals surface area contributed by atoms with Crippen LogP contribution in [0.2, 0.25) is 0 Å². The fraction of sp³-hybridized carbons (Fsp3) is 0.429. The Morgan fingerprint density at radius 1 is 1.40 bits per heavy atom. The summed E-state index contributed by atoms with van der Waals surface area (Å²) in [6.45, 7) is 8.01. The summed E-state index contributed by atoms with van der Waals surface area (Å²) < 4.78 is 4.60. The van der Waals surface area contributed by atoms with Crippen molar-refractivity contribution in [1.82, 2.24) is 14.3 Å². The van der Waals surface area contributed by atoms with Gasteiger partial charge in [-0.15, -0.1) is 0 Å². The number of hydrogen-bond acceptors (Lipinski definition) is 2. The first-order chi connectivity index (χ1) is 9.31. The first-order valence-corrected chi connectivity index (χ1v) is 7.29. The van der Waals surface area contributed by atoms with E-state index in [1.165, 1.54) is 0 Å². The van der Waals surface area contributed by atoms with Crippen LogP contribution in [0.1, 0.15) is 41.8 Å². The number of amides is 1. The van der Waals surface area contributed by atoms with Gasteiger partial charge in [0, 0.05) is 23.8 Å². The van der Waals surface area contributed by atoms with Gasteiger partial charge in [-0.3, -0.25) is 9.48 Å². The Labute approximate surface area is 127 Å². The molecule has 0 radical (unpaired) electrons. The Balaban J connectivity index is 2.31. The zero-order valence-corrected chi connectivity index (χ0v) is 13.9. The topological polar surface area (TPSA) is 51.9 Å². The molecule has 1 N–H and O–H groups in total. The number of rotatable bonds is 3. The van der Waals surface area contributed by atoms with Crippen LogP contribution in [0.5, 0.6) is 0 Å². The summed E-state index contributed by atoms with van der Waals surface area (Å²) in [6, 6.07) is 2.07. The molecule has 0 saturated carbocycles. The number of hydrogen-bond donors (Lipinski definition) is 1. The molecular formula is C14H19BrN4O. The standard InChI is InChI=1S/C14H19BrN4O/c1-8(2)19-10(4)13(9(3)17-19)16-14(20)12-6-11(15)7-18(12)5/h6-8H,1-5H3,(H,16,20). The van der Waals surface area contributed by atoms with Gasteiger partial charge in [0.1, 0.15) is 5.69 Å². The molecule has 0 aliphatic heterocycles. The van der Waals surface area contributed by atoms with Crippen molar-refractivity contribution in [1.29, 1.82) is 0 Å². The molecular weight excluding hydrogens is 320 g/mol. The van der Waals surface area contributed by atoms with Crippen molar-refractivity contribution in [2.45, 2.75) is 33.7 Å². The fourth-order valence-corrected chi connectivity index (χ4v) is 2.80. The van der Waals surface area contributed by atoms with E-state index in [0.29, 0.717) is 5.69 Å². The predicted octanol–water partition coefficient (Wildman–Crippen LogP) is 3.43. The molecule has 2 aromatic heterocycles. The molecule has 0 fully saturated rings. The van der Waals surface area contributed by atoms with Crippen LogP contribution in [-0.4, -0.2) is 20.3 Å². The Bertz CT molecular complexity index is 654. The highest BCUT2D eigenvalue weighted by Crippen LogP contribution is 2.23. The van der Waals surface area contributed by atoms with Crippen LogP contribution in [0.3, 0.4) is 0 Å². The minimum absolute atomic E-state index is 0.132. The molecule has 108 valence electrons. The van der Waals surface area contributed by atoms with Gasteiger partial charge < -0.3 is 9.88 Å². The van der Waals surface area contributed by atoms with Crippen molar-refractivity contribution in [3.63, 3.8) is 0 Å². The summed E-state index contributed by atoms with van der Waals surface area (Å²) in [7, 11) is 1.84. The number of anilines is 1. The Morgan fingerprint density at radius 2 is 2.05 bits per heavy atom. The molecule has 0 spiro atoms. The highest BCUT2D eigenvalue weighted by atomic mass is 79.9. The van der Waals surface area contributed by atoms with Gasteiger partial charge in [-0.25, -0.2) is 0 Å². The first-order valence-electron chi connectivity index (χ1n) is 6.50. The van der Waals surface area contributed by atoms with E-state index in [4.69, 9.17) is 0 Å². The van der Waals surface area contributed by atoms with Gasteiger partial charge in [-0.05, 0) is 49.7 Å². The number of carbonyl (C=O) groups is 1. The third-order valence-corrected chi connectivity index (χ3v) is 3.69. The number of nitrogens with one attached hydrogen (secondary N) is 1. The summed E-state index contributed by atoms with van der Waals surface area (Å²) in [4.78, 5) is 12.3. The smallest absolute Gasteiger partial charge is 0.272 e. The second kappa shape index (κ2) is 5.44. The molecule has 0 atom stereocenters. The average molecular weight is 339 g/mol. The molecule has 0 bridgehead atoms. The molecule has 2 aromatic rings. The Hall–Kier alpha value is -1.56. The predicted molar refractivity (Wildman–Crippen MR) is 83.2 cm³/mol. The Kier molecular flexibility index (Phi) is 4.04. The Morgan fingerprint density at radius 3 is 2.50 bits per heavy atom. The zero-order valence-electron chi connectivity index (χ0n) is 12.4. The molecule has 2 heterocycles. The van der Waals surface area contributed by atoms with Crippen molar-refractivity contribution in [3.05, 3.63) is 33.8 Å². The summed E-state index contributed by atoms with van der Waals surface area (Å²) in [5.41, 5.74) is 3.20. The molecule has 0 aliphatic rings. The van der Waals surface area contributed by atoms with Gasteiger partial charge in [-0.1, -0.05) is 0 Å². The van der Waals surface area contributed by atoms with Crippen molar-refractivity contribution in [2.75, 3.05) is 5.32 Å². The van der Waals surface area contributed by atoms with E-state index in [1.807, 2.05) is 31.8 Å². The first kappa shape index (κ1) is 14.8. The third kappa shape index (κ3) is 2.65. The van der Waals surface area contributed by atoms with E-state index < -0.39 is 0 Å². The molecule has 6 heteroatoms. The van der Waals surface area contributed by atoms with Crippen LogP contribution in [0.25, 0.3) is 0 Å². The van der Waals surface area contributed by atoms with E-state index in [0.717, 1.165) is 21.5 Å². The van der Waals surface area contributed by atoms with Gasteiger partial charge in [0.05, 0.1) is 17.1 Å².